The number of pyridine rings is 1. The number of β-amino-alcohol motifs (C(OH)–C–C–N with tert-alkyl or cyclic N) is 1. The summed E-state index contributed by atoms with van der Waals surface area (Å²) in [6.45, 7) is 12.8. The third kappa shape index (κ3) is 9.15. The van der Waals surface area contributed by atoms with Gasteiger partial charge in [0.1, 0.15) is 5.69 Å². The first-order valence-corrected chi connectivity index (χ1v) is 20.4. The van der Waals surface area contributed by atoms with E-state index in [2.05, 4.69) is 50.1 Å². The van der Waals surface area contributed by atoms with Crippen LogP contribution in [0.25, 0.3) is 17.2 Å². The minimum Gasteiger partial charge on any atom is -0.481 e. The van der Waals surface area contributed by atoms with Crippen molar-refractivity contribution in [2.75, 3.05) is 43.4 Å². The molecule has 1 atom stereocenters. The number of imidazole rings is 1. The Morgan fingerprint density at radius 1 is 1.04 bits per heavy atom. The van der Waals surface area contributed by atoms with Crippen molar-refractivity contribution in [2.24, 2.45) is 23.9 Å². The number of hydrogen-bond donors (Lipinski definition) is 4. The number of likely N-dealkylation sites (tertiary alicyclic amines) is 1. The summed E-state index contributed by atoms with van der Waals surface area (Å²) < 4.78 is 1.90. The molecule has 0 spiro atoms. The third-order valence-corrected chi connectivity index (χ3v) is 12.4. The van der Waals surface area contributed by atoms with Crippen molar-refractivity contribution < 1.29 is 19.8 Å². The number of aliphatic hydroxyl groups excluding tert-OH is 1. The number of aromatic nitrogens is 3. The Morgan fingerprint density at radius 3 is 2.51 bits per heavy atom. The van der Waals surface area contributed by atoms with Crippen molar-refractivity contribution in [1.82, 2.24) is 24.3 Å². The van der Waals surface area contributed by atoms with Crippen LogP contribution < -0.4 is 10.6 Å². The van der Waals surface area contributed by atoms with Crippen LogP contribution in [0.5, 0.6) is 0 Å². The maximum atomic E-state index is 13.8. The van der Waals surface area contributed by atoms with Crippen LogP contribution in [0.1, 0.15) is 78.6 Å². The fourth-order valence-corrected chi connectivity index (χ4v) is 8.98. The maximum Gasteiger partial charge on any atom is 0.306 e. The summed E-state index contributed by atoms with van der Waals surface area (Å²) in [5.74, 6) is 0.311. The molecular formula is C44H53ClN8O4. The number of rotatable bonds is 13. The number of aliphatic hydroxyl groups is 1. The number of carbonyl (C=O) groups is 2. The fourth-order valence-electron chi connectivity index (χ4n) is 8.71. The lowest BCUT2D eigenvalue weighted by molar-refractivity contribution is -0.143. The highest BCUT2D eigenvalue weighted by Gasteiger charge is 2.29. The first-order valence-electron chi connectivity index (χ1n) is 20.0. The number of carboxylic acids is 1. The molecular weight excluding hydrogens is 740 g/mol. The number of halogens is 1. The summed E-state index contributed by atoms with van der Waals surface area (Å²) in [4.78, 5) is 43.5. The van der Waals surface area contributed by atoms with E-state index in [-0.39, 0.29) is 17.9 Å². The quantitative estimate of drug-likeness (QED) is 0.0993. The zero-order chi connectivity index (χ0) is 40.2. The second-order valence-electron chi connectivity index (χ2n) is 15.9. The topological polar surface area (TPSA) is 148 Å². The van der Waals surface area contributed by atoms with E-state index in [0.717, 1.165) is 116 Å². The van der Waals surface area contributed by atoms with Crippen molar-refractivity contribution >= 4 is 59.2 Å². The van der Waals surface area contributed by atoms with Crippen LogP contribution in [0.2, 0.25) is 5.02 Å². The van der Waals surface area contributed by atoms with Crippen molar-refractivity contribution in [3.8, 4) is 11.1 Å². The second kappa shape index (κ2) is 17.7. The predicted molar refractivity (Wildman–Crippen MR) is 227 cm³/mol. The van der Waals surface area contributed by atoms with Crippen molar-refractivity contribution in [3.05, 3.63) is 87.6 Å². The number of benzene rings is 2. The molecule has 1 amide bonds. The molecule has 2 aromatic carbocycles. The van der Waals surface area contributed by atoms with E-state index in [1.807, 2.05) is 54.9 Å². The average Bonchev–Trinajstić information content (AvgIpc) is 3.76. The largest absolute Gasteiger partial charge is 0.481 e. The summed E-state index contributed by atoms with van der Waals surface area (Å²) in [7, 11) is 1.90. The van der Waals surface area contributed by atoms with E-state index < -0.39 is 5.97 Å². The maximum absolute atomic E-state index is 13.8. The number of amides is 1. The van der Waals surface area contributed by atoms with Gasteiger partial charge in [-0.05, 0) is 101 Å². The molecule has 0 radical (unpaired) electrons. The van der Waals surface area contributed by atoms with Crippen molar-refractivity contribution in [3.63, 3.8) is 0 Å². The molecule has 2 aliphatic heterocycles. The summed E-state index contributed by atoms with van der Waals surface area (Å²) in [6, 6.07) is 13.5. The van der Waals surface area contributed by atoms with E-state index in [1.165, 1.54) is 0 Å². The minimum absolute atomic E-state index is 0.191. The Balaban J connectivity index is 1.03. The first kappa shape index (κ1) is 40.3. The van der Waals surface area contributed by atoms with E-state index in [0.29, 0.717) is 47.0 Å². The van der Waals surface area contributed by atoms with Gasteiger partial charge in [0.2, 0.25) is 0 Å². The van der Waals surface area contributed by atoms with Gasteiger partial charge in [0.15, 0.2) is 11.6 Å². The number of fused-ring (bicyclic) bond motifs is 1. The molecule has 0 unspecified atom stereocenters. The van der Waals surface area contributed by atoms with Gasteiger partial charge in [-0.15, -0.1) is 0 Å². The molecule has 12 nitrogen and oxygen atoms in total. The number of anilines is 3. The Morgan fingerprint density at radius 2 is 1.79 bits per heavy atom. The van der Waals surface area contributed by atoms with Crippen LogP contribution >= 0.6 is 11.6 Å². The van der Waals surface area contributed by atoms with Gasteiger partial charge in [-0.3, -0.25) is 24.4 Å². The number of carboxylic acid groups (broad SMARTS) is 1. The predicted octanol–water partition coefficient (Wildman–Crippen LogP) is 7.88. The average molecular weight is 793 g/mol. The number of nitrogens with zero attached hydrogens (tertiary/aromatic N) is 6. The van der Waals surface area contributed by atoms with Gasteiger partial charge < -0.3 is 25.4 Å². The summed E-state index contributed by atoms with van der Waals surface area (Å²) in [6.07, 6.45) is 9.74. The molecule has 4 aromatic rings. The molecule has 4 N–H and O–H groups in total. The molecule has 4 heterocycles. The van der Waals surface area contributed by atoms with Crippen molar-refractivity contribution in [2.45, 2.75) is 71.4 Å². The highest BCUT2D eigenvalue weighted by atomic mass is 35.5. The van der Waals surface area contributed by atoms with Crippen LogP contribution in [-0.2, 0) is 24.8 Å². The zero-order valence-electron chi connectivity index (χ0n) is 33.1. The lowest BCUT2D eigenvalue weighted by Gasteiger charge is -2.30. The number of aliphatic carboxylic acids is 1. The van der Waals surface area contributed by atoms with Gasteiger partial charge >= 0.3 is 5.97 Å². The SMILES string of the molecule is C=Nc1c(/C=C(\C)CN2CC[C@@H](O)C2)ccnc1Nc1cccc(-c2cccc(NC(=O)c3nc4c(n3C)CCN(CC[C@H]3CC[C@@H](C(=O)O)CC3)C4)c2Cl)c1C. The number of hydrogen-bond acceptors (Lipinski definition) is 9. The van der Waals surface area contributed by atoms with Gasteiger partial charge in [-0.2, -0.15) is 0 Å². The molecule has 1 saturated heterocycles. The highest BCUT2D eigenvalue weighted by Crippen LogP contribution is 2.39. The number of nitrogens with one attached hydrogen (secondary N) is 2. The van der Waals surface area contributed by atoms with Crippen LogP contribution in [0.15, 0.2) is 59.2 Å². The molecule has 1 saturated carbocycles. The zero-order valence-corrected chi connectivity index (χ0v) is 33.9. The Bertz CT molecular complexity index is 2170. The van der Waals surface area contributed by atoms with Gasteiger partial charge in [-0.25, -0.2) is 9.97 Å². The Hall–Kier alpha value is -4.88. The first-order chi connectivity index (χ1) is 27.5. The van der Waals surface area contributed by atoms with E-state index in [1.54, 1.807) is 12.3 Å². The molecule has 0 bridgehead atoms. The molecule has 300 valence electrons. The van der Waals surface area contributed by atoms with E-state index in [9.17, 15) is 19.8 Å². The van der Waals surface area contributed by atoms with Gasteiger partial charge in [0.25, 0.3) is 5.91 Å². The van der Waals surface area contributed by atoms with Gasteiger partial charge in [0, 0.05) is 74.9 Å². The lowest BCUT2D eigenvalue weighted by Crippen LogP contribution is -2.33. The Labute approximate surface area is 339 Å². The normalized spacial score (nSPS) is 20.3. The van der Waals surface area contributed by atoms with Crippen LogP contribution in [0.4, 0.5) is 22.9 Å². The second-order valence-corrected chi connectivity index (χ2v) is 16.3. The monoisotopic (exact) mass is 792 g/mol. The number of aliphatic imine (C=N–C) groups is 1. The summed E-state index contributed by atoms with van der Waals surface area (Å²) in [5, 5.41) is 26.2. The molecule has 57 heavy (non-hydrogen) atoms. The fraction of sp³-hybridized carbons (Fsp3) is 0.432. The smallest absolute Gasteiger partial charge is 0.306 e. The number of carbonyl (C=O) groups excluding carboxylic acids is 1. The van der Waals surface area contributed by atoms with Gasteiger partial charge in [0.05, 0.1) is 28.4 Å². The highest BCUT2D eigenvalue weighted by molar-refractivity contribution is 6.36. The van der Waals surface area contributed by atoms with Crippen LogP contribution in [0, 0.1) is 18.8 Å². The molecule has 7 rings (SSSR count). The molecule has 1 aliphatic carbocycles. The summed E-state index contributed by atoms with van der Waals surface area (Å²) in [5.41, 5.74) is 8.64. The third-order valence-electron chi connectivity index (χ3n) is 11.9. The minimum atomic E-state index is -0.664. The van der Waals surface area contributed by atoms with E-state index >= 15 is 0 Å². The van der Waals surface area contributed by atoms with E-state index in [4.69, 9.17) is 16.6 Å². The van der Waals surface area contributed by atoms with Crippen molar-refractivity contribution in [1.29, 1.82) is 0 Å². The van der Waals surface area contributed by atoms with Crippen LogP contribution in [0.3, 0.4) is 0 Å². The summed E-state index contributed by atoms with van der Waals surface area (Å²) >= 11 is 7.07. The molecule has 2 fully saturated rings. The standard InChI is InChI=1S/C44H53ClN8O4/c1-27(24-53-21-17-32(54)25-53)23-31-15-19-47-41(40(31)46-3)48-35-9-5-7-33(28(35)2)34-8-6-10-36(39(34)45)50-43(55)42-49-37-26-52(22-18-38(37)51(42)4)20-16-29-11-13-30(14-12-29)44(56)57/h5-10,15,19,23,29-30,32,54H,3,11-14,16-18,20-22,24-26H2,1-2,4H3,(H,47,48)(H,50,55)(H,56,57)/b27-23+/t29-,30+,32-/m1/s1. The molecule has 3 aliphatic rings. The Kier molecular flexibility index (Phi) is 12.5. The molecule has 13 heteroatoms. The van der Waals surface area contributed by atoms with Gasteiger partial charge in [-0.1, -0.05) is 47.5 Å². The lowest BCUT2D eigenvalue weighted by atomic mass is 9.80. The van der Waals surface area contributed by atoms with Crippen LogP contribution in [-0.4, -0.2) is 92.0 Å². The molecule has 2 aromatic heterocycles.